The highest BCUT2D eigenvalue weighted by molar-refractivity contribution is 8.00. The van der Waals surface area contributed by atoms with Crippen LogP contribution in [0.2, 0.25) is 0 Å². The van der Waals surface area contributed by atoms with Crippen molar-refractivity contribution in [3.8, 4) is 5.75 Å². The van der Waals surface area contributed by atoms with Crippen LogP contribution in [0.1, 0.15) is 19.8 Å². The summed E-state index contributed by atoms with van der Waals surface area (Å²) in [7, 11) is 0. The molecule has 0 aromatic heterocycles. The minimum Gasteiger partial charge on any atom is -0.494 e. The Kier molecular flexibility index (Phi) is 6.12. The molecule has 120 valence electrons. The normalized spacial score (nSPS) is 18.0. The molecule has 6 heteroatoms. The predicted molar refractivity (Wildman–Crippen MR) is 85.3 cm³/mol. The monoisotopic (exact) mass is 323 g/mol. The maximum Gasteiger partial charge on any atom is 0.308 e. The minimum atomic E-state index is -0.809. The van der Waals surface area contributed by atoms with E-state index in [4.69, 9.17) is 9.84 Å². The predicted octanol–water partition coefficient (Wildman–Crippen LogP) is 2.50. The van der Waals surface area contributed by atoms with Gasteiger partial charge in [0.2, 0.25) is 5.91 Å². The molecule has 1 aliphatic rings. The number of thioether (sulfide) groups is 1. The van der Waals surface area contributed by atoms with Crippen molar-refractivity contribution < 1.29 is 19.4 Å². The third-order valence-electron chi connectivity index (χ3n) is 3.62. The second-order valence-electron chi connectivity index (χ2n) is 5.21. The largest absolute Gasteiger partial charge is 0.494 e. The van der Waals surface area contributed by atoms with E-state index in [-0.39, 0.29) is 5.91 Å². The molecule has 1 aromatic rings. The van der Waals surface area contributed by atoms with E-state index in [1.54, 1.807) is 4.90 Å². The molecule has 1 fully saturated rings. The molecule has 1 saturated heterocycles. The molecule has 5 nitrogen and oxygen atoms in total. The van der Waals surface area contributed by atoms with Crippen LogP contribution >= 0.6 is 11.8 Å². The topological polar surface area (TPSA) is 66.8 Å². The maximum absolute atomic E-state index is 12.2. The summed E-state index contributed by atoms with van der Waals surface area (Å²) >= 11 is 1.46. The van der Waals surface area contributed by atoms with Gasteiger partial charge in [-0.05, 0) is 44.0 Å². The van der Waals surface area contributed by atoms with Gasteiger partial charge >= 0.3 is 5.97 Å². The number of carboxylic acids is 1. The number of ether oxygens (including phenoxy) is 1. The van der Waals surface area contributed by atoms with Crippen molar-refractivity contribution in [3.05, 3.63) is 24.3 Å². The van der Waals surface area contributed by atoms with E-state index in [0.717, 1.165) is 17.1 Å². The number of hydrogen-bond donors (Lipinski definition) is 1. The molecule has 0 radical (unpaired) electrons. The Bertz CT molecular complexity index is 517. The van der Waals surface area contributed by atoms with Gasteiger partial charge in [0.1, 0.15) is 5.75 Å². The second-order valence-corrected chi connectivity index (χ2v) is 6.26. The van der Waals surface area contributed by atoms with Crippen LogP contribution in [0.5, 0.6) is 5.75 Å². The van der Waals surface area contributed by atoms with Crippen molar-refractivity contribution in [3.63, 3.8) is 0 Å². The first-order valence-electron chi connectivity index (χ1n) is 7.46. The summed E-state index contributed by atoms with van der Waals surface area (Å²) in [4.78, 5) is 25.9. The van der Waals surface area contributed by atoms with Crippen molar-refractivity contribution in [1.82, 2.24) is 4.90 Å². The Balaban J connectivity index is 1.83. The van der Waals surface area contributed by atoms with E-state index in [2.05, 4.69) is 0 Å². The lowest BCUT2D eigenvalue weighted by Gasteiger charge is -2.30. The molecule has 0 aliphatic carbocycles. The standard InChI is InChI=1S/C16H21NO4S/c1-2-21-13-5-7-14(8-6-13)22-11-15(18)17-9-3-4-12(10-17)16(19)20/h5-8,12H,2-4,9-11H2,1H3,(H,19,20). The van der Waals surface area contributed by atoms with Gasteiger partial charge in [0, 0.05) is 18.0 Å². The van der Waals surface area contributed by atoms with Crippen LogP contribution < -0.4 is 4.74 Å². The fourth-order valence-corrected chi connectivity index (χ4v) is 3.24. The Hall–Kier alpha value is -1.69. The molecule has 0 saturated carbocycles. The van der Waals surface area contributed by atoms with E-state index in [0.29, 0.717) is 31.9 Å². The lowest BCUT2D eigenvalue weighted by molar-refractivity contribution is -0.145. The molecule has 0 bridgehead atoms. The summed E-state index contributed by atoms with van der Waals surface area (Å²) in [5.41, 5.74) is 0. The summed E-state index contributed by atoms with van der Waals surface area (Å²) in [5.74, 6) is -0.0754. The molecular formula is C16H21NO4S. The number of nitrogens with zero attached hydrogens (tertiary/aromatic N) is 1. The van der Waals surface area contributed by atoms with E-state index in [1.165, 1.54) is 11.8 Å². The number of carbonyl (C=O) groups excluding carboxylic acids is 1. The highest BCUT2D eigenvalue weighted by Crippen LogP contribution is 2.23. The van der Waals surface area contributed by atoms with Gasteiger partial charge in [-0.15, -0.1) is 11.8 Å². The fraction of sp³-hybridized carbons (Fsp3) is 0.500. The molecule has 1 atom stereocenters. The Morgan fingerprint density at radius 1 is 1.36 bits per heavy atom. The molecule has 2 rings (SSSR count). The van der Waals surface area contributed by atoms with Crippen LogP contribution in [0.15, 0.2) is 29.2 Å². The van der Waals surface area contributed by atoms with E-state index >= 15 is 0 Å². The van der Waals surface area contributed by atoms with Crippen LogP contribution in [0.3, 0.4) is 0 Å². The molecule has 1 heterocycles. The van der Waals surface area contributed by atoms with Crippen molar-refractivity contribution in [2.45, 2.75) is 24.7 Å². The minimum absolute atomic E-state index is 0.00448. The van der Waals surface area contributed by atoms with Crippen molar-refractivity contribution in [2.75, 3.05) is 25.4 Å². The number of likely N-dealkylation sites (tertiary alicyclic amines) is 1. The second kappa shape index (κ2) is 8.08. The highest BCUT2D eigenvalue weighted by Gasteiger charge is 2.27. The zero-order valence-corrected chi connectivity index (χ0v) is 13.5. The molecule has 22 heavy (non-hydrogen) atoms. The summed E-state index contributed by atoms with van der Waals surface area (Å²) in [6.07, 6.45) is 1.42. The molecular weight excluding hydrogens is 302 g/mol. The summed E-state index contributed by atoms with van der Waals surface area (Å²) < 4.78 is 5.38. The quantitative estimate of drug-likeness (QED) is 0.815. The number of aliphatic carboxylic acids is 1. The number of amides is 1. The summed E-state index contributed by atoms with van der Waals surface area (Å²) in [6.45, 7) is 3.56. The number of rotatable bonds is 6. The van der Waals surface area contributed by atoms with Gasteiger partial charge in [-0.3, -0.25) is 9.59 Å². The number of hydrogen-bond acceptors (Lipinski definition) is 4. The smallest absolute Gasteiger partial charge is 0.308 e. The van der Waals surface area contributed by atoms with Gasteiger partial charge in [-0.2, -0.15) is 0 Å². The highest BCUT2D eigenvalue weighted by atomic mass is 32.2. The Morgan fingerprint density at radius 2 is 2.09 bits per heavy atom. The zero-order chi connectivity index (χ0) is 15.9. The van der Waals surface area contributed by atoms with Crippen molar-refractivity contribution in [2.24, 2.45) is 5.92 Å². The van der Waals surface area contributed by atoms with Gasteiger partial charge in [-0.25, -0.2) is 0 Å². The van der Waals surface area contributed by atoms with E-state index in [9.17, 15) is 9.59 Å². The number of carbonyl (C=O) groups is 2. The zero-order valence-electron chi connectivity index (χ0n) is 12.7. The van der Waals surface area contributed by atoms with Crippen LogP contribution in [0.4, 0.5) is 0 Å². The molecule has 0 spiro atoms. The Labute approximate surface area is 134 Å². The average molecular weight is 323 g/mol. The van der Waals surface area contributed by atoms with Gasteiger partial charge in [-0.1, -0.05) is 0 Å². The van der Waals surface area contributed by atoms with Crippen molar-refractivity contribution >= 4 is 23.6 Å². The molecule has 1 amide bonds. The lowest BCUT2D eigenvalue weighted by Crippen LogP contribution is -2.43. The van der Waals surface area contributed by atoms with Gasteiger partial charge in [0.25, 0.3) is 0 Å². The molecule has 1 aromatic carbocycles. The number of carboxylic acid groups (broad SMARTS) is 1. The van der Waals surface area contributed by atoms with Crippen LogP contribution in [0, 0.1) is 5.92 Å². The third kappa shape index (κ3) is 4.66. The van der Waals surface area contributed by atoms with Crippen LogP contribution in [-0.2, 0) is 9.59 Å². The first-order chi connectivity index (χ1) is 10.6. The van der Waals surface area contributed by atoms with Crippen LogP contribution in [0.25, 0.3) is 0 Å². The lowest BCUT2D eigenvalue weighted by atomic mass is 9.98. The molecule has 1 N–H and O–H groups in total. The summed E-state index contributed by atoms with van der Waals surface area (Å²) in [6, 6.07) is 7.63. The number of piperidine rings is 1. The van der Waals surface area contributed by atoms with Crippen molar-refractivity contribution in [1.29, 1.82) is 0 Å². The fourth-order valence-electron chi connectivity index (χ4n) is 2.44. The molecule has 1 aliphatic heterocycles. The molecule has 1 unspecified atom stereocenters. The van der Waals surface area contributed by atoms with Crippen LogP contribution in [-0.4, -0.2) is 47.3 Å². The first-order valence-corrected chi connectivity index (χ1v) is 8.45. The third-order valence-corrected chi connectivity index (χ3v) is 4.62. The van der Waals surface area contributed by atoms with Gasteiger partial charge in [0.05, 0.1) is 18.3 Å². The number of benzene rings is 1. The first kappa shape index (κ1) is 16.7. The summed E-state index contributed by atoms with van der Waals surface area (Å²) in [5, 5.41) is 9.06. The average Bonchev–Trinajstić information content (AvgIpc) is 2.54. The SMILES string of the molecule is CCOc1ccc(SCC(=O)N2CCCC(C(=O)O)C2)cc1. The Morgan fingerprint density at radius 3 is 2.73 bits per heavy atom. The van der Waals surface area contributed by atoms with Gasteiger partial charge < -0.3 is 14.7 Å². The van der Waals surface area contributed by atoms with E-state index < -0.39 is 11.9 Å². The maximum atomic E-state index is 12.2. The van der Waals surface area contributed by atoms with E-state index in [1.807, 2.05) is 31.2 Å². The van der Waals surface area contributed by atoms with Gasteiger partial charge in [0.15, 0.2) is 0 Å².